The number of hydrogen-bond donors (Lipinski definition) is 3. The van der Waals surface area contributed by atoms with E-state index in [1.54, 1.807) is 47.1 Å². The van der Waals surface area contributed by atoms with Gasteiger partial charge in [0.2, 0.25) is 5.95 Å². The van der Waals surface area contributed by atoms with E-state index >= 15 is 0 Å². The molecule has 0 saturated carbocycles. The molecule has 2 aromatic heterocycles. The number of hydrogen-bond acceptors (Lipinski definition) is 6. The monoisotopic (exact) mass is 409 g/mol. The van der Waals surface area contributed by atoms with Crippen molar-refractivity contribution in [2.75, 3.05) is 11.9 Å². The van der Waals surface area contributed by atoms with E-state index < -0.39 is 5.91 Å². The molecule has 0 fully saturated rings. The number of rotatable bonds is 6. The number of carbonyl (C=O) groups is 1. The maximum absolute atomic E-state index is 10.9. The normalized spacial score (nSPS) is 10.8. The van der Waals surface area contributed by atoms with Gasteiger partial charge in [-0.15, -0.1) is 5.10 Å². The number of phenols is 1. The molecule has 2 heterocycles. The van der Waals surface area contributed by atoms with Crippen molar-refractivity contribution >= 4 is 34.8 Å². The Kier molecular flexibility index (Phi) is 4.92. The second-order valence-electron chi connectivity index (χ2n) is 6.23. The second kappa shape index (κ2) is 7.69. The molecule has 1 amide bonds. The molecule has 2 aromatic carbocycles. The van der Waals surface area contributed by atoms with E-state index in [1.165, 1.54) is 6.07 Å². The highest BCUT2D eigenvalue weighted by molar-refractivity contribution is 6.33. The largest absolute Gasteiger partial charge is 0.508 e. The van der Waals surface area contributed by atoms with E-state index in [9.17, 15) is 9.90 Å². The first kappa shape index (κ1) is 18.6. The van der Waals surface area contributed by atoms with Crippen molar-refractivity contribution in [1.82, 2.24) is 14.6 Å². The van der Waals surface area contributed by atoms with E-state index in [-0.39, 0.29) is 12.4 Å². The third kappa shape index (κ3) is 4.22. The van der Waals surface area contributed by atoms with Gasteiger partial charge in [0.15, 0.2) is 12.3 Å². The standard InChI is InChI=1S/C20H16ClN5O3/c21-17-6-5-14(27)9-16(17)12-4-7-19-24-20(25-26(19)10-12)23-13-2-1-3-15(8-13)29-11-18(22)28/h1-10,27H,11H2,(H2,22,28)(H,23,25). The van der Waals surface area contributed by atoms with Crippen LogP contribution in [0, 0.1) is 0 Å². The average molecular weight is 410 g/mol. The average Bonchev–Trinajstić information content (AvgIpc) is 3.10. The summed E-state index contributed by atoms with van der Waals surface area (Å²) in [5, 5.41) is 17.8. The zero-order valence-corrected chi connectivity index (χ0v) is 15.8. The summed E-state index contributed by atoms with van der Waals surface area (Å²) < 4.78 is 6.91. The van der Waals surface area contributed by atoms with Gasteiger partial charge in [-0.1, -0.05) is 17.7 Å². The molecule has 4 aromatic rings. The van der Waals surface area contributed by atoms with Gasteiger partial charge in [-0.25, -0.2) is 4.52 Å². The molecular weight excluding hydrogens is 394 g/mol. The molecule has 29 heavy (non-hydrogen) atoms. The maximum atomic E-state index is 10.9. The molecule has 0 radical (unpaired) electrons. The van der Waals surface area contributed by atoms with Crippen molar-refractivity contribution in [3.63, 3.8) is 0 Å². The number of carbonyl (C=O) groups excluding carboxylic acids is 1. The van der Waals surface area contributed by atoms with Gasteiger partial charge in [0, 0.05) is 34.1 Å². The SMILES string of the molecule is NC(=O)COc1cccc(Nc2nc3ccc(-c4cc(O)ccc4Cl)cn3n2)c1. The fraction of sp³-hybridized carbons (Fsp3) is 0.0500. The second-order valence-corrected chi connectivity index (χ2v) is 6.64. The molecular formula is C20H16ClN5O3. The number of amides is 1. The van der Waals surface area contributed by atoms with Crippen LogP contribution in [0.3, 0.4) is 0 Å². The first-order valence-corrected chi connectivity index (χ1v) is 8.99. The highest BCUT2D eigenvalue weighted by Crippen LogP contribution is 2.31. The third-order valence-corrected chi connectivity index (χ3v) is 4.39. The lowest BCUT2D eigenvalue weighted by Gasteiger charge is -2.06. The van der Waals surface area contributed by atoms with Gasteiger partial charge >= 0.3 is 0 Å². The lowest BCUT2D eigenvalue weighted by Crippen LogP contribution is -2.20. The minimum atomic E-state index is -0.548. The van der Waals surface area contributed by atoms with E-state index in [0.717, 1.165) is 5.56 Å². The number of aromatic nitrogens is 3. The quantitative estimate of drug-likeness (QED) is 0.449. The topological polar surface area (TPSA) is 115 Å². The smallest absolute Gasteiger partial charge is 0.255 e. The number of aromatic hydroxyl groups is 1. The summed E-state index contributed by atoms with van der Waals surface area (Å²) >= 11 is 6.24. The van der Waals surface area contributed by atoms with Crippen molar-refractivity contribution < 1.29 is 14.6 Å². The number of ether oxygens (including phenoxy) is 1. The molecule has 0 saturated heterocycles. The number of anilines is 2. The lowest BCUT2D eigenvalue weighted by atomic mass is 10.1. The maximum Gasteiger partial charge on any atom is 0.255 e. The van der Waals surface area contributed by atoms with Crippen LogP contribution in [0.2, 0.25) is 5.02 Å². The highest BCUT2D eigenvalue weighted by atomic mass is 35.5. The number of nitrogens with zero attached hydrogens (tertiary/aromatic N) is 3. The van der Waals surface area contributed by atoms with Crippen LogP contribution in [0.4, 0.5) is 11.6 Å². The number of benzene rings is 2. The Morgan fingerprint density at radius 1 is 1.21 bits per heavy atom. The molecule has 146 valence electrons. The Hall–Kier alpha value is -3.78. The Bertz CT molecular complexity index is 1210. The van der Waals surface area contributed by atoms with Crippen molar-refractivity contribution in [3.05, 3.63) is 65.8 Å². The zero-order valence-electron chi connectivity index (χ0n) is 15.0. The number of nitrogens with one attached hydrogen (secondary N) is 1. The lowest BCUT2D eigenvalue weighted by molar-refractivity contribution is -0.119. The fourth-order valence-electron chi connectivity index (χ4n) is 2.78. The van der Waals surface area contributed by atoms with E-state index in [0.29, 0.717) is 33.6 Å². The number of nitrogens with two attached hydrogens (primary N) is 1. The van der Waals surface area contributed by atoms with Gasteiger partial charge in [-0.2, -0.15) is 4.98 Å². The number of halogens is 1. The van der Waals surface area contributed by atoms with Crippen molar-refractivity contribution in [2.45, 2.75) is 0 Å². The number of pyridine rings is 1. The van der Waals surface area contributed by atoms with Crippen LogP contribution in [-0.4, -0.2) is 32.2 Å². The predicted octanol–water partition coefficient (Wildman–Crippen LogP) is 3.36. The highest BCUT2D eigenvalue weighted by Gasteiger charge is 2.09. The third-order valence-electron chi connectivity index (χ3n) is 4.06. The van der Waals surface area contributed by atoms with Gasteiger partial charge in [-0.05, 0) is 42.5 Å². The predicted molar refractivity (Wildman–Crippen MR) is 110 cm³/mol. The van der Waals surface area contributed by atoms with E-state index in [4.69, 9.17) is 22.1 Å². The summed E-state index contributed by atoms with van der Waals surface area (Å²) in [6, 6.07) is 15.5. The van der Waals surface area contributed by atoms with Gasteiger partial charge in [0.05, 0.1) is 0 Å². The van der Waals surface area contributed by atoms with Gasteiger partial charge < -0.3 is 20.9 Å². The molecule has 4 N–H and O–H groups in total. The number of phenolic OH excluding ortho intramolecular Hbond substituents is 1. The van der Waals surface area contributed by atoms with Gasteiger partial charge in [0.25, 0.3) is 5.91 Å². The fourth-order valence-corrected chi connectivity index (χ4v) is 3.00. The minimum Gasteiger partial charge on any atom is -0.508 e. The molecule has 0 atom stereocenters. The summed E-state index contributed by atoms with van der Waals surface area (Å²) in [5.74, 6) is 0.464. The Balaban J connectivity index is 1.59. The minimum absolute atomic E-state index is 0.129. The summed E-state index contributed by atoms with van der Waals surface area (Å²) in [6.45, 7) is -0.198. The van der Waals surface area contributed by atoms with Crippen LogP contribution in [0.25, 0.3) is 16.8 Å². The molecule has 0 aliphatic heterocycles. The zero-order chi connectivity index (χ0) is 20.4. The van der Waals surface area contributed by atoms with Crippen LogP contribution in [0.1, 0.15) is 0 Å². The van der Waals surface area contributed by atoms with Crippen molar-refractivity contribution in [2.24, 2.45) is 5.73 Å². The summed E-state index contributed by atoms with van der Waals surface area (Å²) in [6.07, 6.45) is 1.78. The van der Waals surface area contributed by atoms with E-state index in [1.807, 2.05) is 12.1 Å². The first-order chi connectivity index (χ1) is 14.0. The van der Waals surface area contributed by atoms with Crippen molar-refractivity contribution in [3.8, 4) is 22.6 Å². The summed E-state index contributed by atoms with van der Waals surface area (Å²) in [7, 11) is 0. The van der Waals surface area contributed by atoms with Gasteiger partial charge in [0.1, 0.15) is 11.5 Å². The number of primary amides is 1. The first-order valence-electron chi connectivity index (χ1n) is 8.61. The molecule has 0 unspecified atom stereocenters. The molecule has 9 heteroatoms. The number of fused-ring (bicyclic) bond motifs is 1. The Morgan fingerprint density at radius 3 is 2.90 bits per heavy atom. The molecule has 4 rings (SSSR count). The summed E-state index contributed by atoms with van der Waals surface area (Å²) in [4.78, 5) is 15.3. The Labute approximate surface area is 170 Å². The van der Waals surface area contributed by atoms with Crippen LogP contribution in [-0.2, 0) is 4.79 Å². The van der Waals surface area contributed by atoms with Crippen LogP contribution < -0.4 is 15.8 Å². The molecule has 0 aliphatic rings. The van der Waals surface area contributed by atoms with Crippen molar-refractivity contribution in [1.29, 1.82) is 0 Å². The Morgan fingerprint density at radius 2 is 2.07 bits per heavy atom. The van der Waals surface area contributed by atoms with Gasteiger partial charge in [-0.3, -0.25) is 4.79 Å². The molecule has 0 spiro atoms. The molecule has 0 aliphatic carbocycles. The summed E-state index contributed by atoms with van der Waals surface area (Å²) in [5.41, 5.74) is 7.90. The van der Waals surface area contributed by atoms with Crippen LogP contribution in [0.15, 0.2) is 60.8 Å². The van der Waals surface area contributed by atoms with Crippen LogP contribution in [0.5, 0.6) is 11.5 Å². The van der Waals surface area contributed by atoms with E-state index in [2.05, 4.69) is 15.4 Å². The van der Waals surface area contributed by atoms with Crippen LogP contribution >= 0.6 is 11.6 Å². The molecule has 8 nitrogen and oxygen atoms in total. The molecule has 0 bridgehead atoms.